The zero-order chi connectivity index (χ0) is 45.7. The minimum absolute atomic E-state index is 0.0690. The van der Waals surface area contributed by atoms with Gasteiger partial charge in [0.2, 0.25) is 6.35 Å². The predicted octanol–water partition coefficient (Wildman–Crippen LogP) is 1.48. The quantitative estimate of drug-likeness (QED) is 0.0280. The number of nitrogens with zero attached hydrogens (tertiary/aromatic N) is 6. The minimum atomic E-state index is -1.42. The number of alkyl carbamates (subject to hydrolysis) is 3. The van der Waals surface area contributed by atoms with Crippen molar-refractivity contribution in [3.8, 4) is 0 Å². The van der Waals surface area contributed by atoms with Crippen LogP contribution in [0.15, 0.2) is 0 Å². The van der Waals surface area contributed by atoms with E-state index in [1.807, 2.05) is 0 Å². The number of hydrogen-bond acceptors (Lipinski definition) is 15. The van der Waals surface area contributed by atoms with Gasteiger partial charge in [-0.25, -0.2) is 28.9 Å². The number of aliphatic hydroxyl groups excluding tert-OH is 4. The van der Waals surface area contributed by atoms with Crippen LogP contribution < -0.4 is 16.0 Å². The van der Waals surface area contributed by atoms with Crippen LogP contribution >= 0.6 is 0 Å². The molecule has 0 aromatic rings. The van der Waals surface area contributed by atoms with E-state index in [-0.39, 0.29) is 39.5 Å². The van der Waals surface area contributed by atoms with Crippen molar-refractivity contribution in [3.63, 3.8) is 0 Å². The third kappa shape index (κ3) is 20.3. The van der Waals surface area contributed by atoms with Gasteiger partial charge in [-0.15, -0.1) is 0 Å². The monoisotopic (exact) mass is 900 g/mol. The molecule has 4 saturated heterocycles. The summed E-state index contributed by atoms with van der Waals surface area (Å²) in [5, 5.41) is 49.4. The van der Waals surface area contributed by atoms with Gasteiger partial charge in [0, 0.05) is 96.7 Å². The van der Waals surface area contributed by atoms with Crippen molar-refractivity contribution < 1.29 is 58.6 Å². The van der Waals surface area contributed by atoms with Crippen molar-refractivity contribution in [2.75, 3.05) is 98.4 Å². The number of carbonyl (C=O) groups is 5. The Morgan fingerprint density at radius 1 is 0.524 bits per heavy atom. The molecule has 362 valence electrons. The van der Waals surface area contributed by atoms with Gasteiger partial charge in [-0.05, 0) is 59.3 Å². The van der Waals surface area contributed by atoms with E-state index < -0.39 is 55.0 Å². The molecule has 0 radical (unpaired) electrons. The molecule has 0 aliphatic carbocycles. The number of amides is 7. The lowest BCUT2D eigenvalue weighted by Gasteiger charge is -2.44. The van der Waals surface area contributed by atoms with Gasteiger partial charge in [0.25, 0.3) is 0 Å². The van der Waals surface area contributed by atoms with E-state index >= 15 is 0 Å². The highest BCUT2D eigenvalue weighted by Gasteiger charge is 2.42. The smallest absolute Gasteiger partial charge is 0.407 e. The maximum Gasteiger partial charge on any atom is 0.407 e. The van der Waals surface area contributed by atoms with Crippen LogP contribution in [0.4, 0.5) is 24.0 Å². The van der Waals surface area contributed by atoms with Crippen LogP contribution in [0.25, 0.3) is 0 Å². The van der Waals surface area contributed by atoms with Crippen LogP contribution in [0, 0.1) is 0 Å². The molecule has 0 saturated carbocycles. The molecule has 0 bridgehead atoms. The highest BCUT2D eigenvalue weighted by atomic mass is 16.6. The zero-order valence-electron chi connectivity index (χ0n) is 37.9. The normalized spacial score (nSPS) is 25.3. The van der Waals surface area contributed by atoms with Gasteiger partial charge in [-0.3, -0.25) is 24.5 Å². The number of rotatable bonds is 33. The van der Waals surface area contributed by atoms with Gasteiger partial charge in [-0.1, -0.05) is 38.5 Å². The number of aliphatic hydroxyl groups is 4. The molecule has 21 nitrogen and oxygen atoms in total. The second-order valence-electron chi connectivity index (χ2n) is 17.6. The van der Waals surface area contributed by atoms with E-state index in [0.29, 0.717) is 115 Å². The Bertz CT molecular complexity index is 1350. The van der Waals surface area contributed by atoms with Crippen molar-refractivity contribution >= 4 is 30.3 Å². The lowest BCUT2D eigenvalue weighted by molar-refractivity contribution is -0.0937. The van der Waals surface area contributed by atoms with Crippen LogP contribution in [-0.4, -0.2) is 221 Å². The Morgan fingerprint density at radius 3 is 1.11 bits per heavy atom. The molecule has 9 unspecified atom stereocenters. The molecule has 4 heterocycles. The molecule has 4 aliphatic heterocycles. The van der Waals surface area contributed by atoms with E-state index in [4.69, 9.17) is 14.2 Å². The third-order valence-electron chi connectivity index (χ3n) is 11.8. The number of β-amino-alcohol motifs (C(OH)–C–C–N with tert-alkyl or cyclic N) is 3. The maximum absolute atomic E-state index is 13.6. The number of nitrogens with one attached hydrogen (secondary N) is 3. The molecule has 63 heavy (non-hydrogen) atoms. The van der Waals surface area contributed by atoms with Gasteiger partial charge in [0.05, 0.1) is 0 Å². The fourth-order valence-corrected chi connectivity index (χ4v) is 7.49. The van der Waals surface area contributed by atoms with Crippen molar-refractivity contribution in [2.24, 2.45) is 0 Å². The number of urea groups is 2. The lowest BCUT2D eigenvalue weighted by atomic mass is 10.1. The second kappa shape index (κ2) is 27.6. The van der Waals surface area contributed by atoms with Gasteiger partial charge < -0.3 is 50.6 Å². The van der Waals surface area contributed by atoms with Crippen molar-refractivity contribution in [1.82, 2.24) is 45.3 Å². The van der Waals surface area contributed by atoms with Crippen molar-refractivity contribution in [1.29, 1.82) is 0 Å². The number of unbranched alkanes of at least 4 members (excludes halogenated alkanes) is 9. The minimum Gasteiger partial charge on any atom is -0.447 e. The van der Waals surface area contributed by atoms with Gasteiger partial charge in [0.1, 0.15) is 38.1 Å². The van der Waals surface area contributed by atoms with Crippen LogP contribution in [0.2, 0.25) is 0 Å². The number of hydrogen-bond donors (Lipinski definition) is 7. The molecule has 0 aromatic heterocycles. The summed E-state index contributed by atoms with van der Waals surface area (Å²) in [7, 11) is 0. The predicted molar refractivity (Wildman–Crippen MR) is 231 cm³/mol. The van der Waals surface area contributed by atoms with Gasteiger partial charge >= 0.3 is 30.3 Å². The fraction of sp³-hybridized carbons (Fsp3) is 0.881. The fourth-order valence-electron chi connectivity index (χ4n) is 7.49. The molecule has 0 aromatic carbocycles. The summed E-state index contributed by atoms with van der Waals surface area (Å²) in [6.45, 7) is 12.0. The largest absolute Gasteiger partial charge is 0.447 e. The molecule has 4 aliphatic rings. The highest BCUT2D eigenvalue weighted by molar-refractivity contribution is 5.96. The first-order valence-electron chi connectivity index (χ1n) is 23.3. The van der Waals surface area contributed by atoms with Crippen LogP contribution in [-0.2, 0) is 14.2 Å². The zero-order valence-corrected chi connectivity index (χ0v) is 37.9. The summed E-state index contributed by atoms with van der Waals surface area (Å²) in [6.07, 6.45) is 2.71. The Morgan fingerprint density at radius 2 is 0.810 bits per heavy atom. The number of imide groups is 1. The number of carbonyl (C=O) groups excluding carboxylic acids is 5. The molecule has 21 heteroatoms. The summed E-state index contributed by atoms with van der Waals surface area (Å²) in [6, 6.07) is 0.268. The van der Waals surface area contributed by atoms with Crippen LogP contribution in [0.5, 0.6) is 0 Å². The van der Waals surface area contributed by atoms with Crippen LogP contribution in [0.3, 0.4) is 0 Å². The lowest BCUT2D eigenvalue weighted by Crippen LogP contribution is -2.66. The van der Waals surface area contributed by atoms with Crippen molar-refractivity contribution in [3.05, 3.63) is 0 Å². The Hall–Kier alpha value is -3.73. The molecule has 4 fully saturated rings. The molecule has 4 rings (SSSR count). The van der Waals surface area contributed by atoms with E-state index in [9.17, 15) is 44.4 Å². The molecule has 7 amide bonds. The SMILES string of the molecule is CC1CN1CC(O)COC(=O)NCCCCCCN1C(=O)N(CCCCCCNC(=O)OCC(O)CN2CC2C)C(O)N(CCCCCCNC(=O)OCC(O)CN2CC2C)C1=O. The Labute approximate surface area is 372 Å². The summed E-state index contributed by atoms with van der Waals surface area (Å²) < 4.78 is 15.3. The molecular formula is C42H77N9O12. The van der Waals surface area contributed by atoms with Gasteiger partial charge in [-0.2, -0.15) is 0 Å². The molecule has 7 N–H and O–H groups in total. The Kier molecular flexibility index (Phi) is 22.7. The molecular weight excluding hydrogens is 823 g/mol. The van der Waals surface area contributed by atoms with E-state index in [1.165, 1.54) is 14.7 Å². The van der Waals surface area contributed by atoms with E-state index in [1.54, 1.807) is 0 Å². The maximum atomic E-state index is 13.6. The third-order valence-corrected chi connectivity index (χ3v) is 11.8. The van der Waals surface area contributed by atoms with Crippen molar-refractivity contribution in [2.45, 2.75) is 141 Å². The molecule has 9 atom stereocenters. The summed E-state index contributed by atoms with van der Waals surface area (Å²) >= 11 is 0. The molecule has 0 spiro atoms. The standard InChI is InChI=1S/C42H77N9O12/c1-31-22-46(31)25-34(52)28-61-37(55)43-16-10-4-7-13-19-49-40(58)50(20-14-8-5-11-17-44-38(56)62-29-35(53)26-47-23-32(47)2)42(60)51(41(49)59)21-15-9-6-12-18-45-39(57)63-30-36(54)27-48-24-33(48)3/h31-36,40,52-54,58H,4-30H2,1-3H3,(H,43,55)(H,44,56)(H,45,57). The average molecular weight is 900 g/mol. The summed E-state index contributed by atoms with van der Waals surface area (Å²) in [4.78, 5) is 73.4. The summed E-state index contributed by atoms with van der Waals surface area (Å²) in [5.74, 6) is 0. The first-order valence-corrected chi connectivity index (χ1v) is 23.3. The summed E-state index contributed by atoms with van der Waals surface area (Å²) in [5.41, 5.74) is 0. The second-order valence-corrected chi connectivity index (χ2v) is 17.6. The van der Waals surface area contributed by atoms with E-state index in [0.717, 1.165) is 38.9 Å². The first kappa shape index (κ1) is 51.9. The van der Waals surface area contributed by atoms with E-state index in [2.05, 4.69) is 51.4 Å². The Balaban J connectivity index is 1.12. The van der Waals surface area contributed by atoms with Crippen LogP contribution in [0.1, 0.15) is 97.8 Å². The topological polar surface area (TPSA) is 249 Å². The van der Waals surface area contributed by atoms with Gasteiger partial charge in [0.15, 0.2) is 0 Å². The number of ether oxygens (including phenoxy) is 3. The highest BCUT2D eigenvalue weighted by Crippen LogP contribution is 2.22. The average Bonchev–Trinajstić information content (AvgIpc) is 4.22. The first-order chi connectivity index (χ1) is 30.2.